The van der Waals surface area contributed by atoms with Crippen molar-refractivity contribution >= 4 is 0 Å². The van der Waals surface area contributed by atoms with Gasteiger partial charge >= 0.3 is 0 Å². The molecule has 1 aromatic carbocycles. The molecule has 2 nitrogen and oxygen atoms in total. The van der Waals surface area contributed by atoms with Gasteiger partial charge in [0.15, 0.2) is 11.6 Å². The van der Waals surface area contributed by atoms with E-state index in [2.05, 4.69) is 12.2 Å². The van der Waals surface area contributed by atoms with Crippen LogP contribution in [-0.2, 0) is 0 Å². The third-order valence-corrected chi connectivity index (χ3v) is 2.33. The fourth-order valence-electron chi connectivity index (χ4n) is 1.51. The van der Waals surface area contributed by atoms with Crippen molar-refractivity contribution in [3.05, 3.63) is 29.6 Å². The van der Waals surface area contributed by atoms with Crippen LogP contribution in [0.3, 0.4) is 0 Å². The maximum Gasteiger partial charge on any atom is 0.165 e. The molecule has 0 radical (unpaired) electrons. The van der Waals surface area contributed by atoms with Crippen LogP contribution in [0.15, 0.2) is 18.2 Å². The lowest BCUT2D eigenvalue weighted by Crippen LogP contribution is -2.15. The third-order valence-electron chi connectivity index (χ3n) is 2.33. The van der Waals surface area contributed by atoms with E-state index in [0.717, 1.165) is 12.0 Å². The molecule has 0 aromatic heterocycles. The first-order chi connectivity index (χ1) is 6.72. The Morgan fingerprint density at radius 3 is 2.64 bits per heavy atom. The molecule has 3 heteroatoms. The van der Waals surface area contributed by atoms with Crippen molar-refractivity contribution in [1.82, 2.24) is 5.32 Å². The summed E-state index contributed by atoms with van der Waals surface area (Å²) in [6.07, 6.45) is 0.933. The van der Waals surface area contributed by atoms with Gasteiger partial charge in [-0.05, 0) is 31.2 Å². The number of hydrogen-bond acceptors (Lipinski definition) is 2. The van der Waals surface area contributed by atoms with Gasteiger partial charge in [-0.1, -0.05) is 13.0 Å². The molecule has 1 rings (SSSR count). The van der Waals surface area contributed by atoms with Gasteiger partial charge in [0.1, 0.15) is 0 Å². The third kappa shape index (κ3) is 2.23. The van der Waals surface area contributed by atoms with Crippen molar-refractivity contribution in [2.24, 2.45) is 0 Å². The maximum atomic E-state index is 13.3. The lowest BCUT2D eigenvalue weighted by molar-refractivity contribution is 0.385. The summed E-state index contributed by atoms with van der Waals surface area (Å²) in [5, 5.41) is 3.13. The topological polar surface area (TPSA) is 21.3 Å². The van der Waals surface area contributed by atoms with Gasteiger partial charge in [-0.25, -0.2) is 4.39 Å². The number of rotatable bonds is 4. The largest absolute Gasteiger partial charge is 0.494 e. The molecule has 0 heterocycles. The average Bonchev–Trinajstić information content (AvgIpc) is 2.20. The second-order valence-corrected chi connectivity index (χ2v) is 3.14. The van der Waals surface area contributed by atoms with Gasteiger partial charge in [0.05, 0.1) is 7.11 Å². The quantitative estimate of drug-likeness (QED) is 0.800. The summed E-state index contributed by atoms with van der Waals surface area (Å²) in [6, 6.07) is 5.26. The minimum absolute atomic E-state index is 0.204. The van der Waals surface area contributed by atoms with Crippen molar-refractivity contribution < 1.29 is 9.13 Å². The molecule has 14 heavy (non-hydrogen) atoms. The number of methoxy groups -OCH3 is 1. The SMILES string of the molecule is CCC(NC)c1ccc(OC)c(F)c1. The van der Waals surface area contributed by atoms with Crippen LogP contribution in [0.2, 0.25) is 0 Å². The fraction of sp³-hybridized carbons (Fsp3) is 0.455. The Morgan fingerprint density at radius 1 is 1.50 bits per heavy atom. The van der Waals surface area contributed by atoms with Crippen LogP contribution in [-0.4, -0.2) is 14.2 Å². The van der Waals surface area contributed by atoms with E-state index in [1.54, 1.807) is 6.07 Å². The van der Waals surface area contributed by atoms with Gasteiger partial charge in [0.25, 0.3) is 0 Å². The molecule has 0 aliphatic heterocycles. The highest BCUT2D eigenvalue weighted by Gasteiger charge is 2.09. The second-order valence-electron chi connectivity index (χ2n) is 3.14. The summed E-state index contributed by atoms with van der Waals surface area (Å²) in [5.74, 6) is -0.0154. The Kier molecular flexibility index (Phi) is 3.89. The Labute approximate surface area is 84.1 Å². The van der Waals surface area contributed by atoms with Gasteiger partial charge in [-0.3, -0.25) is 0 Å². The molecule has 0 saturated heterocycles. The molecule has 1 aromatic rings. The molecule has 0 aliphatic rings. The molecule has 0 fully saturated rings. The van der Waals surface area contributed by atoms with Crippen LogP contribution in [0.5, 0.6) is 5.75 Å². The number of hydrogen-bond donors (Lipinski definition) is 1. The predicted octanol–water partition coefficient (Wildman–Crippen LogP) is 2.50. The number of nitrogens with one attached hydrogen (secondary N) is 1. The predicted molar refractivity (Wildman–Crippen MR) is 55.0 cm³/mol. The normalized spacial score (nSPS) is 12.6. The van der Waals surface area contributed by atoms with Crippen molar-refractivity contribution in [2.75, 3.05) is 14.2 Å². The van der Waals surface area contributed by atoms with E-state index in [4.69, 9.17) is 4.74 Å². The zero-order valence-electron chi connectivity index (χ0n) is 8.80. The highest BCUT2D eigenvalue weighted by molar-refractivity contribution is 5.30. The van der Waals surface area contributed by atoms with Crippen LogP contribution < -0.4 is 10.1 Å². The van der Waals surface area contributed by atoms with Gasteiger partial charge in [-0.2, -0.15) is 0 Å². The van der Waals surface area contributed by atoms with E-state index in [-0.39, 0.29) is 11.9 Å². The number of benzene rings is 1. The van der Waals surface area contributed by atoms with Crippen LogP contribution in [0, 0.1) is 5.82 Å². The van der Waals surface area contributed by atoms with E-state index in [1.165, 1.54) is 13.2 Å². The Morgan fingerprint density at radius 2 is 2.21 bits per heavy atom. The van der Waals surface area contributed by atoms with E-state index in [9.17, 15) is 4.39 Å². The lowest BCUT2D eigenvalue weighted by atomic mass is 10.0. The lowest BCUT2D eigenvalue weighted by Gasteiger charge is -2.14. The number of halogens is 1. The standard InChI is InChI=1S/C11H16FNO/c1-4-10(13-2)8-5-6-11(14-3)9(12)7-8/h5-7,10,13H,4H2,1-3H3. The van der Waals surface area contributed by atoms with Gasteiger partial charge in [-0.15, -0.1) is 0 Å². The van der Waals surface area contributed by atoms with Crippen LogP contribution in [0.1, 0.15) is 24.9 Å². The van der Waals surface area contributed by atoms with Gasteiger partial charge < -0.3 is 10.1 Å². The number of ether oxygens (including phenoxy) is 1. The first kappa shape index (κ1) is 11.0. The van der Waals surface area contributed by atoms with E-state index < -0.39 is 0 Å². The highest BCUT2D eigenvalue weighted by Crippen LogP contribution is 2.23. The summed E-state index contributed by atoms with van der Waals surface area (Å²) < 4.78 is 18.2. The summed E-state index contributed by atoms with van der Waals surface area (Å²) in [4.78, 5) is 0. The van der Waals surface area contributed by atoms with Crippen molar-refractivity contribution in [3.8, 4) is 5.75 Å². The molecule has 0 aliphatic carbocycles. The summed E-state index contributed by atoms with van der Waals surface area (Å²) >= 11 is 0. The minimum atomic E-state index is -0.307. The minimum Gasteiger partial charge on any atom is -0.494 e. The summed E-state index contributed by atoms with van der Waals surface area (Å²) in [7, 11) is 3.34. The molecule has 1 N–H and O–H groups in total. The zero-order valence-corrected chi connectivity index (χ0v) is 8.80. The molecule has 0 saturated carbocycles. The van der Waals surface area contributed by atoms with E-state index >= 15 is 0 Å². The average molecular weight is 197 g/mol. The van der Waals surface area contributed by atoms with E-state index in [0.29, 0.717) is 5.75 Å². The van der Waals surface area contributed by atoms with Crippen LogP contribution in [0.4, 0.5) is 4.39 Å². The van der Waals surface area contributed by atoms with E-state index in [1.807, 2.05) is 13.1 Å². The fourth-order valence-corrected chi connectivity index (χ4v) is 1.51. The van der Waals surface area contributed by atoms with Crippen molar-refractivity contribution in [3.63, 3.8) is 0 Å². The molecule has 0 spiro atoms. The molecular formula is C11H16FNO. The Bertz CT molecular complexity index is 297. The van der Waals surface area contributed by atoms with Crippen molar-refractivity contribution in [2.45, 2.75) is 19.4 Å². The van der Waals surface area contributed by atoms with Crippen molar-refractivity contribution in [1.29, 1.82) is 0 Å². The molecule has 1 atom stereocenters. The maximum absolute atomic E-state index is 13.3. The smallest absolute Gasteiger partial charge is 0.165 e. The molecular weight excluding hydrogens is 181 g/mol. The summed E-state index contributed by atoms with van der Waals surface area (Å²) in [6.45, 7) is 2.06. The second kappa shape index (κ2) is 4.96. The highest BCUT2D eigenvalue weighted by atomic mass is 19.1. The molecule has 0 amide bonds. The first-order valence-corrected chi connectivity index (χ1v) is 4.73. The molecule has 0 bridgehead atoms. The van der Waals surface area contributed by atoms with Crippen LogP contribution in [0.25, 0.3) is 0 Å². The first-order valence-electron chi connectivity index (χ1n) is 4.73. The monoisotopic (exact) mass is 197 g/mol. The Hall–Kier alpha value is -1.09. The molecule has 78 valence electrons. The molecule has 1 unspecified atom stereocenters. The zero-order chi connectivity index (χ0) is 10.6. The van der Waals surface area contributed by atoms with Gasteiger partial charge in [0.2, 0.25) is 0 Å². The van der Waals surface area contributed by atoms with Gasteiger partial charge in [0, 0.05) is 6.04 Å². The van der Waals surface area contributed by atoms with Crippen LogP contribution >= 0.6 is 0 Å². The Balaban J connectivity index is 2.95. The summed E-state index contributed by atoms with van der Waals surface area (Å²) in [5.41, 5.74) is 0.952.